The Hall–Kier alpha value is -1.67. The number of nitriles is 2. The SMILES string of the molecule is CC(N)C(c1cc(Br)cs1)n1cnc(C#N)c1C#N. The summed E-state index contributed by atoms with van der Waals surface area (Å²) in [5, 5.41) is 20.1. The highest BCUT2D eigenvalue weighted by Gasteiger charge is 2.24. The number of thiophene rings is 1. The van der Waals surface area contributed by atoms with Crippen LogP contribution in [0.25, 0.3) is 0 Å². The van der Waals surface area contributed by atoms with Crippen molar-refractivity contribution < 1.29 is 0 Å². The Labute approximate surface area is 123 Å². The first-order chi connectivity index (χ1) is 9.08. The zero-order chi connectivity index (χ0) is 14.0. The molecule has 0 aliphatic rings. The van der Waals surface area contributed by atoms with E-state index in [2.05, 4.69) is 20.9 Å². The highest BCUT2D eigenvalue weighted by molar-refractivity contribution is 9.10. The molecule has 0 radical (unpaired) electrons. The number of imidazole rings is 1. The number of hydrogen-bond acceptors (Lipinski definition) is 5. The van der Waals surface area contributed by atoms with E-state index >= 15 is 0 Å². The minimum atomic E-state index is -0.210. The van der Waals surface area contributed by atoms with Crippen LogP contribution in [0.1, 0.15) is 29.2 Å². The third kappa shape index (κ3) is 2.54. The van der Waals surface area contributed by atoms with Crippen molar-refractivity contribution >= 4 is 27.3 Å². The first kappa shape index (κ1) is 13.8. The molecule has 2 rings (SSSR count). The summed E-state index contributed by atoms with van der Waals surface area (Å²) >= 11 is 4.95. The Kier molecular flexibility index (Phi) is 4.01. The van der Waals surface area contributed by atoms with Crippen molar-refractivity contribution in [3.8, 4) is 12.1 Å². The van der Waals surface area contributed by atoms with Gasteiger partial charge in [0.15, 0.2) is 11.4 Å². The lowest BCUT2D eigenvalue weighted by molar-refractivity contribution is 0.499. The van der Waals surface area contributed by atoms with Gasteiger partial charge in [0.25, 0.3) is 0 Å². The zero-order valence-corrected chi connectivity index (χ0v) is 12.4. The molecule has 0 fully saturated rings. The summed E-state index contributed by atoms with van der Waals surface area (Å²) in [4.78, 5) is 4.97. The van der Waals surface area contributed by atoms with Crippen molar-refractivity contribution in [2.75, 3.05) is 0 Å². The summed E-state index contributed by atoms with van der Waals surface area (Å²) < 4.78 is 2.64. The van der Waals surface area contributed by atoms with E-state index in [-0.39, 0.29) is 23.5 Å². The van der Waals surface area contributed by atoms with Gasteiger partial charge < -0.3 is 10.3 Å². The molecule has 0 spiro atoms. The van der Waals surface area contributed by atoms with E-state index in [1.54, 1.807) is 15.9 Å². The maximum atomic E-state index is 9.19. The summed E-state index contributed by atoms with van der Waals surface area (Å²) in [5.41, 5.74) is 6.41. The maximum absolute atomic E-state index is 9.19. The number of aromatic nitrogens is 2. The summed E-state index contributed by atoms with van der Waals surface area (Å²) in [6.45, 7) is 1.87. The van der Waals surface area contributed by atoms with Gasteiger partial charge in [0.05, 0.1) is 12.4 Å². The predicted octanol–water partition coefficient (Wildman–Crippen LogP) is 2.39. The normalized spacial score (nSPS) is 13.5. The van der Waals surface area contributed by atoms with Crippen molar-refractivity contribution in [2.45, 2.75) is 19.0 Å². The first-order valence-electron chi connectivity index (χ1n) is 5.45. The fourth-order valence-corrected chi connectivity index (χ4v) is 3.56. The Morgan fingerprint density at radius 1 is 1.47 bits per heavy atom. The van der Waals surface area contributed by atoms with Gasteiger partial charge in [-0.05, 0) is 28.9 Å². The fraction of sp³-hybridized carbons (Fsp3) is 0.250. The molecular weight excluding hydrogens is 326 g/mol. The molecule has 0 aliphatic carbocycles. The summed E-state index contributed by atoms with van der Waals surface area (Å²) in [7, 11) is 0. The largest absolute Gasteiger partial charge is 0.326 e. The highest BCUT2D eigenvalue weighted by Crippen LogP contribution is 2.31. The monoisotopic (exact) mass is 335 g/mol. The zero-order valence-electron chi connectivity index (χ0n) is 10.0. The average molecular weight is 336 g/mol. The van der Waals surface area contributed by atoms with E-state index in [9.17, 15) is 5.26 Å². The van der Waals surface area contributed by atoms with E-state index in [0.717, 1.165) is 9.35 Å². The van der Waals surface area contributed by atoms with Crippen LogP contribution in [0.3, 0.4) is 0 Å². The second-order valence-electron chi connectivity index (χ2n) is 4.04. The topological polar surface area (TPSA) is 91.4 Å². The molecule has 5 nitrogen and oxygen atoms in total. The summed E-state index contributed by atoms with van der Waals surface area (Å²) in [6.07, 6.45) is 1.50. The molecule has 0 aromatic carbocycles. The summed E-state index contributed by atoms with van der Waals surface area (Å²) in [6, 6.07) is 5.49. The van der Waals surface area contributed by atoms with Crippen LogP contribution in [-0.4, -0.2) is 15.6 Å². The number of hydrogen-bond donors (Lipinski definition) is 1. The molecule has 2 atom stereocenters. The average Bonchev–Trinajstić information content (AvgIpc) is 2.96. The Balaban J connectivity index is 2.56. The van der Waals surface area contributed by atoms with E-state index < -0.39 is 0 Å². The smallest absolute Gasteiger partial charge is 0.176 e. The van der Waals surface area contributed by atoms with E-state index in [0.29, 0.717) is 0 Å². The molecule has 2 aromatic heterocycles. The maximum Gasteiger partial charge on any atom is 0.176 e. The van der Waals surface area contributed by atoms with Crippen LogP contribution in [0.4, 0.5) is 0 Å². The molecule has 0 amide bonds. The molecule has 96 valence electrons. The molecule has 19 heavy (non-hydrogen) atoms. The second-order valence-corrected chi connectivity index (χ2v) is 5.90. The predicted molar refractivity (Wildman–Crippen MR) is 75.5 cm³/mol. The Bertz CT molecular complexity index is 673. The highest BCUT2D eigenvalue weighted by atomic mass is 79.9. The van der Waals surface area contributed by atoms with Crippen molar-refractivity contribution in [1.29, 1.82) is 10.5 Å². The van der Waals surface area contributed by atoms with Crippen LogP contribution in [0.2, 0.25) is 0 Å². The Morgan fingerprint density at radius 2 is 2.21 bits per heavy atom. The second kappa shape index (κ2) is 5.54. The van der Waals surface area contributed by atoms with Gasteiger partial charge in [-0.3, -0.25) is 0 Å². The number of halogens is 1. The Morgan fingerprint density at radius 3 is 2.68 bits per heavy atom. The van der Waals surface area contributed by atoms with Crippen molar-refractivity contribution in [1.82, 2.24) is 9.55 Å². The van der Waals surface area contributed by atoms with Gasteiger partial charge in [-0.25, -0.2) is 4.98 Å². The van der Waals surface area contributed by atoms with E-state index in [1.165, 1.54) is 6.33 Å². The van der Waals surface area contributed by atoms with Crippen LogP contribution in [0, 0.1) is 22.7 Å². The van der Waals surface area contributed by atoms with Gasteiger partial charge >= 0.3 is 0 Å². The fourth-order valence-electron chi connectivity index (χ4n) is 1.90. The van der Waals surface area contributed by atoms with Crippen molar-refractivity contribution in [3.63, 3.8) is 0 Å². The lowest BCUT2D eigenvalue weighted by atomic mass is 10.1. The van der Waals surface area contributed by atoms with Crippen LogP contribution in [0.5, 0.6) is 0 Å². The standard InChI is InChI=1S/C12H10BrN5S/c1-7(16)12(11-2-8(13)5-19-11)18-6-17-9(3-14)10(18)4-15/h2,5-7,12H,16H2,1H3. The van der Waals surface area contributed by atoms with Crippen LogP contribution in [0.15, 0.2) is 22.2 Å². The lowest BCUT2D eigenvalue weighted by Gasteiger charge is -2.21. The molecule has 0 bridgehead atoms. The minimum Gasteiger partial charge on any atom is -0.326 e. The van der Waals surface area contributed by atoms with Gasteiger partial charge in [0, 0.05) is 20.8 Å². The van der Waals surface area contributed by atoms with Crippen LogP contribution < -0.4 is 5.73 Å². The van der Waals surface area contributed by atoms with Crippen LogP contribution >= 0.6 is 27.3 Å². The number of nitrogens with two attached hydrogens (primary N) is 1. The van der Waals surface area contributed by atoms with E-state index in [1.807, 2.05) is 30.5 Å². The molecule has 7 heteroatoms. The van der Waals surface area contributed by atoms with Crippen LogP contribution in [-0.2, 0) is 0 Å². The quantitative estimate of drug-likeness (QED) is 0.931. The molecule has 0 aliphatic heterocycles. The van der Waals surface area contributed by atoms with Gasteiger partial charge in [0.2, 0.25) is 0 Å². The van der Waals surface area contributed by atoms with Gasteiger partial charge in [-0.2, -0.15) is 10.5 Å². The van der Waals surface area contributed by atoms with Gasteiger partial charge in [-0.1, -0.05) is 0 Å². The number of rotatable bonds is 3. The molecule has 2 N–H and O–H groups in total. The van der Waals surface area contributed by atoms with Gasteiger partial charge in [-0.15, -0.1) is 11.3 Å². The number of nitrogens with zero attached hydrogens (tertiary/aromatic N) is 4. The summed E-state index contributed by atoms with van der Waals surface area (Å²) in [5.74, 6) is 0. The van der Waals surface area contributed by atoms with E-state index in [4.69, 9.17) is 11.0 Å². The molecule has 0 saturated carbocycles. The molecule has 2 aromatic rings. The molecular formula is C12H10BrN5S. The third-order valence-corrected chi connectivity index (χ3v) is 4.45. The minimum absolute atomic E-state index is 0.128. The molecule has 2 unspecified atom stereocenters. The lowest BCUT2D eigenvalue weighted by Crippen LogP contribution is -2.30. The van der Waals surface area contributed by atoms with Crippen molar-refractivity contribution in [3.05, 3.63) is 38.5 Å². The third-order valence-electron chi connectivity index (χ3n) is 2.68. The molecule has 0 saturated heterocycles. The molecule has 2 heterocycles. The van der Waals surface area contributed by atoms with Gasteiger partial charge in [0.1, 0.15) is 12.1 Å². The van der Waals surface area contributed by atoms with Crippen molar-refractivity contribution in [2.24, 2.45) is 5.73 Å². The first-order valence-corrected chi connectivity index (χ1v) is 7.12.